The van der Waals surface area contributed by atoms with Gasteiger partial charge in [-0.25, -0.2) is 17.8 Å². The van der Waals surface area contributed by atoms with Crippen molar-refractivity contribution >= 4 is 21.4 Å². The number of nitrogens with one attached hydrogen (secondary N) is 1. The summed E-state index contributed by atoms with van der Waals surface area (Å²) in [5.41, 5.74) is 3.98. The smallest absolute Gasteiger partial charge is 0.229 e. The molecule has 158 valence electrons. The molecular formula is C23H20FN3O3S. The molecule has 1 N–H and O–H groups in total. The molecule has 0 spiro atoms. The lowest BCUT2D eigenvalue weighted by Crippen LogP contribution is -2.33. The van der Waals surface area contributed by atoms with Gasteiger partial charge in [-0.1, -0.05) is 42.5 Å². The minimum absolute atomic E-state index is 0.0403. The number of benzene rings is 3. The first-order valence-electron chi connectivity index (χ1n) is 9.82. The minimum Gasteiger partial charge on any atom is -0.464 e. The van der Waals surface area contributed by atoms with E-state index in [2.05, 4.69) is 4.72 Å². The Morgan fingerprint density at radius 2 is 1.84 bits per heavy atom. The number of sulfonamides is 1. The van der Waals surface area contributed by atoms with E-state index in [0.717, 1.165) is 34.4 Å². The molecule has 0 bridgehead atoms. The van der Waals surface area contributed by atoms with Gasteiger partial charge in [-0.15, -0.1) is 0 Å². The highest BCUT2D eigenvalue weighted by Gasteiger charge is 2.40. The van der Waals surface area contributed by atoms with Gasteiger partial charge in [0, 0.05) is 23.2 Å². The van der Waals surface area contributed by atoms with Crippen molar-refractivity contribution in [3.8, 4) is 5.75 Å². The van der Waals surface area contributed by atoms with Crippen LogP contribution in [0.15, 0.2) is 77.9 Å². The molecule has 31 heavy (non-hydrogen) atoms. The molecule has 0 unspecified atom stereocenters. The molecule has 8 heteroatoms. The fourth-order valence-corrected chi connectivity index (χ4v) is 4.59. The number of hydrogen-bond acceptors (Lipinski definition) is 5. The molecule has 0 radical (unpaired) electrons. The molecule has 0 saturated heterocycles. The van der Waals surface area contributed by atoms with E-state index >= 15 is 0 Å². The zero-order valence-electron chi connectivity index (χ0n) is 16.7. The minimum atomic E-state index is -3.38. The van der Waals surface area contributed by atoms with E-state index in [1.807, 2.05) is 35.3 Å². The summed E-state index contributed by atoms with van der Waals surface area (Å²) < 4.78 is 45.4. The molecule has 0 aromatic heterocycles. The summed E-state index contributed by atoms with van der Waals surface area (Å²) in [5.74, 6) is 0.472. The quantitative estimate of drug-likeness (QED) is 0.655. The number of fused-ring (bicyclic) bond motifs is 3. The van der Waals surface area contributed by atoms with Crippen LogP contribution in [-0.2, 0) is 10.0 Å². The zero-order valence-corrected chi connectivity index (χ0v) is 17.5. The topological polar surface area (TPSA) is 71.0 Å². The normalized spacial score (nSPS) is 19.8. The van der Waals surface area contributed by atoms with E-state index in [1.165, 1.54) is 12.1 Å². The molecule has 0 amide bonds. The second-order valence-electron chi connectivity index (χ2n) is 7.66. The number of ether oxygens (including phenoxy) is 1. The Morgan fingerprint density at radius 1 is 1.06 bits per heavy atom. The Hall–Kier alpha value is -3.39. The number of halogens is 1. The summed E-state index contributed by atoms with van der Waals surface area (Å²) >= 11 is 0. The van der Waals surface area contributed by atoms with Crippen molar-refractivity contribution in [3.05, 3.63) is 95.3 Å². The van der Waals surface area contributed by atoms with Gasteiger partial charge < -0.3 is 4.74 Å². The lowest BCUT2D eigenvalue weighted by Gasteiger charge is -2.38. The highest BCUT2D eigenvalue weighted by atomic mass is 32.2. The van der Waals surface area contributed by atoms with Gasteiger partial charge >= 0.3 is 0 Å². The highest BCUT2D eigenvalue weighted by Crippen LogP contribution is 2.47. The maximum Gasteiger partial charge on any atom is 0.229 e. The van der Waals surface area contributed by atoms with E-state index in [4.69, 9.17) is 9.84 Å². The average Bonchev–Trinajstić information content (AvgIpc) is 3.19. The second-order valence-corrected chi connectivity index (χ2v) is 9.41. The van der Waals surface area contributed by atoms with Gasteiger partial charge in [0.15, 0.2) is 0 Å². The highest BCUT2D eigenvalue weighted by molar-refractivity contribution is 7.92. The van der Waals surface area contributed by atoms with Crippen LogP contribution in [0.25, 0.3) is 0 Å². The molecule has 0 aliphatic carbocycles. The molecule has 2 aliphatic rings. The van der Waals surface area contributed by atoms with E-state index in [9.17, 15) is 12.8 Å². The van der Waals surface area contributed by atoms with E-state index in [-0.39, 0.29) is 11.9 Å². The largest absolute Gasteiger partial charge is 0.464 e. The van der Waals surface area contributed by atoms with Gasteiger partial charge in [-0.2, -0.15) is 5.10 Å². The van der Waals surface area contributed by atoms with Crippen LogP contribution in [-0.4, -0.2) is 25.4 Å². The lowest BCUT2D eigenvalue weighted by molar-refractivity contribution is -0.0190. The van der Waals surface area contributed by atoms with Crippen LogP contribution in [0.4, 0.5) is 10.1 Å². The van der Waals surface area contributed by atoms with E-state index < -0.39 is 16.3 Å². The van der Waals surface area contributed by atoms with Crippen LogP contribution in [0.1, 0.15) is 35.4 Å². The summed E-state index contributed by atoms with van der Waals surface area (Å²) in [6, 6.07) is 21.2. The Balaban J connectivity index is 1.54. The average molecular weight is 437 g/mol. The number of rotatable bonds is 4. The van der Waals surface area contributed by atoms with E-state index in [1.54, 1.807) is 30.3 Å². The van der Waals surface area contributed by atoms with Crippen LogP contribution in [0.3, 0.4) is 0 Å². The SMILES string of the molecule is CS(=O)(=O)Nc1cccc(C2=NN3[C@H](C2)c2ccccc2O[C@@H]3c2ccc(F)cc2)c1. The molecule has 0 saturated carbocycles. The number of anilines is 1. The Bertz CT molecular complexity index is 1280. The molecule has 5 rings (SSSR count). The van der Waals surface area contributed by atoms with Crippen molar-refractivity contribution in [2.24, 2.45) is 5.10 Å². The first-order chi connectivity index (χ1) is 14.9. The van der Waals surface area contributed by atoms with Crippen molar-refractivity contribution in [2.45, 2.75) is 18.7 Å². The van der Waals surface area contributed by atoms with Crippen molar-refractivity contribution < 1.29 is 17.5 Å². The molecule has 2 aliphatic heterocycles. The molecule has 6 nitrogen and oxygen atoms in total. The van der Waals surface area contributed by atoms with Crippen LogP contribution < -0.4 is 9.46 Å². The number of hydrogen-bond donors (Lipinski definition) is 1. The maximum atomic E-state index is 13.5. The van der Waals surface area contributed by atoms with Gasteiger partial charge in [0.05, 0.1) is 18.0 Å². The third-order valence-corrected chi connectivity index (χ3v) is 5.96. The van der Waals surface area contributed by atoms with Crippen molar-refractivity contribution in [3.63, 3.8) is 0 Å². The molecule has 3 aromatic rings. The first kappa shape index (κ1) is 19.6. The standard InChI is InChI=1S/C23H20FN3O3S/c1-31(28,29)26-18-6-4-5-16(13-18)20-14-21-19-7-2-3-8-22(19)30-23(27(21)25-20)15-9-11-17(24)12-10-15/h2-13,21,23,26H,14H2,1H3/t21-,23-/m1/s1. The third-order valence-electron chi connectivity index (χ3n) is 5.35. The summed E-state index contributed by atoms with van der Waals surface area (Å²) in [7, 11) is -3.38. The fraction of sp³-hybridized carbons (Fsp3) is 0.174. The molecule has 0 fully saturated rings. The van der Waals surface area contributed by atoms with Gasteiger partial charge in [-0.05, 0) is 35.9 Å². The Kier molecular flexibility index (Phi) is 4.66. The van der Waals surface area contributed by atoms with Gasteiger partial charge in [0.1, 0.15) is 11.6 Å². The maximum absolute atomic E-state index is 13.5. The number of para-hydroxylation sites is 1. The van der Waals surface area contributed by atoms with Gasteiger partial charge in [0.2, 0.25) is 16.3 Å². The van der Waals surface area contributed by atoms with Crippen LogP contribution in [0.2, 0.25) is 0 Å². The first-order valence-corrected chi connectivity index (χ1v) is 11.7. The molecule has 3 aromatic carbocycles. The number of hydrazone groups is 1. The Morgan fingerprint density at radius 3 is 2.61 bits per heavy atom. The van der Waals surface area contributed by atoms with Crippen LogP contribution in [0.5, 0.6) is 5.75 Å². The lowest BCUT2D eigenvalue weighted by atomic mass is 9.96. The van der Waals surface area contributed by atoms with Crippen molar-refractivity contribution in [1.82, 2.24) is 5.01 Å². The molecule has 2 heterocycles. The predicted octanol–water partition coefficient (Wildman–Crippen LogP) is 4.44. The monoisotopic (exact) mass is 437 g/mol. The van der Waals surface area contributed by atoms with Crippen molar-refractivity contribution in [2.75, 3.05) is 11.0 Å². The van der Waals surface area contributed by atoms with Crippen LogP contribution in [0, 0.1) is 5.82 Å². The summed E-state index contributed by atoms with van der Waals surface area (Å²) in [5, 5.41) is 6.76. The Labute approximate surface area is 180 Å². The summed E-state index contributed by atoms with van der Waals surface area (Å²) in [6.07, 6.45) is 1.27. The number of nitrogens with zero attached hydrogens (tertiary/aromatic N) is 2. The third kappa shape index (κ3) is 3.86. The molecular weight excluding hydrogens is 417 g/mol. The predicted molar refractivity (Wildman–Crippen MR) is 117 cm³/mol. The summed E-state index contributed by atoms with van der Waals surface area (Å²) in [4.78, 5) is 0. The van der Waals surface area contributed by atoms with Crippen molar-refractivity contribution in [1.29, 1.82) is 0 Å². The zero-order chi connectivity index (χ0) is 21.6. The van der Waals surface area contributed by atoms with Gasteiger partial charge in [-0.3, -0.25) is 4.72 Å². The van der Waals surface area contributed by atoms with Gasteiger partial charge in [0.25, 0.3) is 0 Å². The molecule has 2 atom stereocenters. The summed E-state index contributed by atoms with van der Waals surface area (Å²) in [6.45, 7) is 0. The second kappa shape index (κ2) is 7.39. The van der Waals surface area contributed by atoms with Crippen LogP contribution >= 0.6 is 0 Å². The fourth-order valence-electron chi connectivity index (χ4n) is 4.03. The van der Waals surface area contributed by atoms with E-state index in [0.29, 0.717) is 12.1 Å².